The van der Waals surface area contributed by atoms with Crippen LogP contribution in [0.15, 0.2) is 18.2 Å². The molecular weight excluding hydrogens is 262 g/mol. The zero-order valence-electron chi connectivity index (χ0n) is 14.5. The SMILES string of the molecule is CCC(C)(C)c1ccc(ONC(C)=O)c(C(C)(C)CC)c1. The van der Waals surface area contributed by atoms with Crippen molar-refractivity contribution in [1.29, 1.82) is 0 Å². The predicted molar refractivity (Wildman–Crippen MR) is 87.5 cm³/mol. The summed E-state index contributed by atoms with van der Waals surface area (Å²) in [7, 11) is 0. The third kappa shape index (κ3) is 4.23. The lowest BCUT2D eigenvalue weighted by Crippen LogP contribution is -2.27. The van der Waals surface area contributed by atoms with E-state index < -0.39 is 0 Å². The summed E-state index contributed by atoms with van der Waals surface area (Å²) in [6.45, 7) is 14.7. The van der Waals surface area contributed by atoms with Crippen LogP contribution in [0.3, 0.4) is 0 Å². The van der Waals surface area contributed by atoms with Crippen LogP contribution in [0.2, 0.25) is 0 Å². The van der Waals surface area contributed by atoms with E-state index in [1.807, 2.05) is 6.07 Å². The minimum absolute atomic E-state index is 0.00632. The highest BCUT2D eigenvalue weighted by Gasteiger charge is 2.26. The molecule has 0 saturated heterocycles. The molecule has 0 spiro atoms. The summed E-state index contributed by atoms with van der Waals surface area (Å²) in [5.74, 6) is 0.529. The molecule has 21 heavy (non-hydrogen) atoms. The lowest BCUT2D eigenvalue weighted by atomic mass is 9.76. The number of hydroxylamine groups is 1. The molecule has 0 aliphatic rings. The Balaban J connectivity index is 3.30. The Kier molecular flexibility index (Phi) is 5.43. The Morgan fingerprint density at radius 2 is 1.67 bits per heavy atom. The summed E-state index contributed by atoms with van der Waals surface area (Å²) in [6, 6.07) is 6.29. The molecule has 1 aromatic rings. The lowest BCUT2D eigenvalue weighted by molar-refractivity contribution is -0.125. The fourth-order valence-corrected chi connectivity index (χ4v) is 2.09. The molecule has 0 aromatic heterocycles. The number of rotatable bonds is 6. The molecule has 0 saturated carbocycles. The van der Waals surface area contributed by atoms with E-state index in [0.717, 1.165) is 24.2 Å². The zero-order valence-corrected chi connectivity index (χ0v) is 14.5. The topological polar surface area (TPSA) is 38.3 Å². The Bertz CT molecular complexity index is 504. The molecular formula is C18H29NO2. The second-order valence-corrected chi connectivity index (χ2v) is 6.95. The summed E-state index contributed by atoms with van der Waals surface area (Å²) in [5.41, 5.74) is 4.99. The van der Waals surface area contributed by atoms with Gasteiger partial charge in [0.2, 0.25) is 5.91 Å². The Labute approximate surface area is 129 Å². The van der Waals surface area contributed by atoms with E-state index in [1.54, 1.807) is 0 Å². The lowest BCUT2D eigenvalue weighted by Gasteiger charge is -2.30. The number of benzene rings is 1. The second kappa shape index (κ2) is 6.50. The third-order valence-corrected chi connectivity index (χ3v) is 4.56. The molecule has 3 nitrogen and oxygen atoms in total. The third-order valence-electron chi connectivity index (χ3n) is 4.56. The average molecular weight is 291 g/mol. The number of nitrogens with one attached hydrogen (secondary N) is 1. The molecule has 0 unspecified atom stereocenters. The highest BCUT2D eigenvalue weighted by atomic mass is 16.7. The summed E-state index contributed by atoms with van der Waals surface area (Å²) in [5, 5.41) is 0. The summed E-state index contributed by atoms with van der Waals surface area (Å²) in [6.07, 6.45) is 2.07. The highest BCUT2D eigenvalue weighted by Crippen LogP contribution is 2.38. The number of hydrogen-bond acceptors (Lipinski definition) is 2. The van der Waals surface area contributed by atoms with Crippen molar-refractivity contribution in [3.8, 4) is 5.75 Å². The van der Waals surface area contributed by atoms with Gasteiger partial charge in [0.25, 0.3) is 0 Å². The van der Waals surface area contributed by atoms with Crippen LogP contribution in [0, 0.1) is 0 Å². The average Bonchev–Trinajstić information content (AvgIpc) is 2.44. The largest absolute Gasteiger partial charge is 0.379 e. The van der Waals surface area contributed by atoms with Crippen molar-refractivity contribution in [3.05, 3.63) is 29.3 Å². The maximum absolute atomic E-state index is 11.1. The van der Waals surface area contributed by atoms with Crippen molar-refractivity contribution >= 4 is 5.91 Å². The van der Waals surface area contributed by atoms with Crippen LogP contribution in [0.25, 0.3) is 0 Å². The summed E-state index contributed by atoms with van der Waals surface area (Å²) >= 11 is 0. The molecule has 0 bridgehead atoms. The molecule has 0 radical (unpaired) electrons. The van der Waals surface area contributed by atoms with E-state index in [2.05, 4.69) is 59.2 Å². The summed E-state index contributed by atoms with van der Waals surface area (Å²) < 4.78 is 0. The van der Waals surface area contributed by atoms with Crippen LogP contribution in [-0.4, -0.2) is 5.91 Å². The van der Waals surface area contributed by atoms with E-state index in [1.165, 1.54) is 12.5 Å². The number of amides is 1. The fourth-order valence-electron chi connectivity index (χ4n) is 2.09. The molecule has 0 fully saturated rings. The second-order valence-electron chi connectivity index (χ2n) is 6.95. The van der Waals surface area contributed by atoms with Gasteiger partial charge in [-0.1, -0.05) is 53.7 Å². The quantitative estimate of drug-likeness (QED) is 0.784. The van der Waals surface area contributed by atoms with Gasteiger partial charge in [0.05, 0.1) is 0 Å². The van der Waals surface area contributed by atoms with E-state index >= 15 is 0 Å². The number of carbonyl (C=O) groups excluding carboxylic acids is 1. The summed E-state index contributed by atoms with van der Waals surface area (Å²) in [4.78, 5) is 16.6. The van der Waals surface area contributed by atoms with Gasteiger partial charge in [-0.2, -0.15) is 5.48 Å². The van der Waals surface area contributed by atoms with Gasteiger partial charge >= 0.3 is 0 Å². The van der Waals surface area contributed by atoms with Crippen LogP contribution in [0.5, 0.6) is 5.75 Å². The molecule has 0 heterocycles. The van der Waals surface area contributed by atoms with Gasteiger partial charge in [0, 0.05) is 12.5 Å². The maximum Gasteiger partial charge on any atom is 0.249 e. The Morgan fingerprint density at radius 3 is 2.14 bits per heavy atom. The van der Waals surface area contributed by atoms with Crippen LogP contribution in [-0.2, 0) is 15.6 Å². The molecule has 3 heteroatoms. The van der Waals surface area contributed by atoms with E-state index in [-0.39, 0.29) is 16.7 Å². The van der Waals surface area contributed by atoms with Crippen molar-refractivity contribution in [2.45, 2.75) is 72.1 Å². The van der Waals surface area contributed by atoms with Crippen molar-refractivity contribution in [3.63, 3.8) is 0 Å². The molecule has 1 rings (SSSR count). The highest BCUT2D eigenvalue weighted by molar-refractivity contribution is 5.71. The molecule has 118 valence electrons. The number of carbonyl (C=O) groups is 1. The first-order chi connectivity index (χ1) is 9.64. The molecule has 0 atom stereocenters. The van der Waals surface area contributed by atoms with Gasteiger partial charge < -0.3 is 4.84 Å². The molecule has 0 aliphatic heterocycles. The van der Waals surface area contributed by atoms with Crippen LogP contribution >= 0.6 is 0 Å². The van der Waals surface area contributed by atoms with Gasteiger partial charge in [-0.3, -0.25) is 4.79 Å². The van der Waals surface area contributed by atoms with Crippen molar-refractivity contribution in [2.24, 2.45) is 0 Å². The number of hydrogen-bond donors (Lipinski definition) is 1. The first-order valence-electron chi connectivity index (χ1n) is 7.72. The van der Waals surface area contributed by atoms with Crippen LogP contribution in [0.1, 0.15) is 72.4 Å². The predicted octanol–water partition coefficient (Wildman–Crippen LogP) is 4.49. The van der Waals surface area contributed by atoms with Crippen LogP contribution < -0.4 is 10.3 Å². The van der Waals surface area contributed by atoms with Gasteiger partial charge in [-0.05, 0) is 35.3 Å². The van der Waals surface area contributed by atoms with Gasteiger partial charge in [0.15, 0.2) is 5.75 Å². The molecule has 1 N–H and O–H groups in total. The van der Waals surface area contributed by atoms with Crippen molar-refractivity contribution in [2.75, 3.05) is 0 Å². The standard InChI is InChI=1S/C18H29NO2/c1-8-17(4,5)14-10-11-16(21-19-13(3)20)15(12-14)18(6,7)9-2/h10-12H,8-9H2,1-7H3,(H,19,20). The normalized spacial score (nSPS) is 12.1. The molecule has 1 aromatic carbocycles. The maximum atomic E-state index is 11.1. The minimum atomic E-state index is -0.201. The van der Waals surface area contributed by atoms with Gasteiger partial charge in [-0.25, -0.2) is 0 Å². The van der Waals surface area contributed by atoms with E-state index in [4.69, 9.17) is 4.84 Å². The monoisotopic (exact) mass is 291 g/mol. The minimum Gasteiger partial charge on any atom is -0.379 e. The fraction of sp³-hybridized carbons (Fsp3) is 0.611. The van der Waals surface area contributed by atoms with Gasteiger partial charge in [0.1, 0.15) is 0 Å². The van der Waals surface area contributed by atoms with Crippen LogP contribution in [0.4, 0.5) is 0 Å². The zero-order chi connectivity index (χ0) is 16.3. The first-order valence-corrected chi connectivity index (χ1v) is 7.72. The molecule has 1 amide bonds. The van der Waals surface area contributed by atoms with E-state index in [0.29, 0.717) is 0 Å². The Hall–Kier alpha value is -1.51. The molecule has 0 aliphatic carbocycles. The smallest absolute Gasteiger partial charge is 0.249 e. The van der Waals surface area contributed by atoms with E-state index in [9.17, 15) is 4.79 Å². The Morgan fingerprint density at radius 1 is 1.10 bits per heavy atom. The van der Waals surface area contributed by atoms with Crippen molar-refractivity contribution in [1.82, 2.24) is 5.48 Å². The van der Waals surface area contributed by atoms with Crippen molar-refractivity contribution < 1.29 is 9.63 Å². The van der Waals surface area contributed by atoms with Gasteiger partial charge in [-0.15, -0.1) is 0 Å². The first kappa shape index (κ1) is 17.5.